The van der Waals surface area contributed by atoms with Gasteiger partial charge in [0.25, 0.3) is 5.91 Å². The molecule has 4 rings (SSSR count). The zero-order chi connectivity index (χ0) is 18.8. The van der Waals surface area contributed by atoms with Crippen LogP contribution in [0.1, 0.15) is 46.7 Å². The predicted molar refractivity (Wildman–Crippen MR) is 104 cm³/mol. The summed E-state index contributed by atoms with van der Waals surface area (Å²) < 4.78 is 5.64. The van der Waals surface area contributed by atoms with Crippen molar-refractivity contribution in [2.24, 2.45) is 11.8 Å². The molecule has 5 heteroatoms. The van der Waals surface area contributed by atoms with Crippen LogP contribution in [0.5, 0.6) is 0 Å². The number of carbonyl (C=O) groups excluding carboxylic acids is 1. The highest BCUT2D eigenvalue weighted by Crippen LogP contribution is 2.33. The fourth-order valence-corrected chi connectivity index (χ4v) is 4.69. The van der Waals surface area contributed by atoms with Crippen LogP contribution < -0.4 is 0 Å². The first-order valence-corrected chi connectivity index (χ1v) is 10.1. The molecule has 0 aromatic carbocycles. The summed E-state index contributed by atoms with van der Waals surface area (Å²) in [5.41, 5.74) is 2.24. The van der Waals surface area contributed by atoms with Gasteiger partial charge >= 0.3 is 0 Å². The maximum atomic E-state index is 12.8. The van der Waals surface area contributed by atoms with Gasteiger partial charge in [-0.1, -0.05) is 6.07 Å². The molecule has 0 N–H and O–H groups in total. The van der Waals surface area contributed by atoms with Crippen molar-refractivity contribution < 1.29 is 9.21 Å². The third kappa shape index (κ3) is 4.08. The number of pyridine rings is 1. The lowest BCUT2D eigenvalue weighted by Crippen LogP contribution is -2.37. The van der Waals surface area contributed by atoms with E-state index in [4.69, 9.17) is 4.42 Å². The molecule has 2 aliphatic rings. The third-order valence-electron chi connectivity index (χ3n) is 6.18. The lowest BCUT2D eigenvalue weighted by molar-refractivity contribution is 0.0739. The lowest BCUT2D eigenvalue weighted by atomic mass is 9.83. The molecule has 144 valence electrons. The Balaban J connectivity index is 1.29. The maximum Gasteiger partial charge on any atom is 0.289 e. The van der Waals surface area contributed by atoms with Crippen LogP contribution in [0.4, 0.5) is 0 Å². The van der Waals surface area contributed by atoms with Crippen LogP contribution in [0.3, 0.4) is 0 Å². The molecule has 0 saturated carbocycles. The number of carbonyl (C=O) groups is 1. The molecule has 0 spiro atoms. The molecule has 2 fully saturated rings. The Morgan fingerprint density at radius 3 is 2.63 bits per heavy atom. The number of piperidine rings is 1. The first-order valence-electron chi connectivity index (χ1n) is 10.1. The first-order chi connectivity index (χ1) is 13.1. The van der Waals surface area contributed by atoms with Crippen LogP contribution in [0.15, 0.2) is 35.0 Å². The minimum Gasteiger partial charge on any atom is -0.456 e. The number of hydrogen-bond donors (Lipinski definition) is 0. The van der Waals surface area contributed by atoms with Gasteiger partial charge in [0.05, 0.1) is 0 Å². The SMILES string of the molecule is Cc1cc(C)c(C(=O)N2CC[C@H](C3CCN(Cc4cccnc4)CC3)C2)o1. The van der Waals surface area contributed by atoms with E-state index in [1.165, 1.54) is 18.4 Å². The summed E-state index contributed by atoms with van der Waals surface area (Å²) in [6.45, 7) is 8.86. The summed E-state index contributed by atoms with van der Waals surface area (Å²) in [5, 5.41) is 0. The van der Waals surface area contributed by atoms with Gasteiger partial charge in [-0.2, -0.15) is 0 Å². The van der Waals surface area contributed by atoms with Crippen LogP contribution >= 0.6 is 0 Å². The molecular formula is C22H29N3O2. The van der Waals surface area contributed by atoms with Crippen LogP contribution in [0.25, 0.3) is 0 Å². The summed E-state index contributed by atoms with van der Waals surface area (Å²) in [7, 11) is 0. The zero-order valence-electron chi connectivity index (χ0n) is 16.4. The zero-order valence-corrected chi connectivity index (χ0v) is 16.4. The summed E-state index contributed by atoms with van der Waals surface area (Å²) in [5.74, 6) is 2.77. The fraction of sp³-hybridized carbons (Fsp3) is 0.545. The predicted octanol–water partition coefficient (Wildman–Crippen LogP) is 3.67. The van der Waals surface area contributed by atoms with Gasteiger partial charge < -0.3 is 9.32 Å². The summed E-state index contributed by atoms with van der Waals surface area (Å²) in [6, 6.07) is 6.10. The quantitative estimate of drug-likeness (QED) is 0.827. The normalized spacial score (nSPS) is 21.7. The minimum absolute atomic E-state index is 0.0668. The molecular weight excluding hydrogens is 338 g/mol. The topological polar surface area (TPSA) is 49.6 Å². The van der Waals surface area contributed by atoms with Crippen molar-refractivity contribution in [2.45, 2.75) is 39.7 Å². The van der Waals surface area contributed by atoms with Gasteiger partial charge in [-0.25, -0.2) is 0 Å². The highest BCUT2D eigenvalue weighted by Gasteiger charge is 2.35. The van der Waals surface area contributed by atoms with E-state index in [-0.39, 0.29) is 5.91 Å². The monoisotopic (exact) mass is 367 g/mol. The van der Waals surface area contributed by atoms with Crippen LogP contribution in [0.2, 0.25) is 0 Å². The average Bonchev–Trinajstić information content (AvgIpc) is 3.29. The largest absolute Gasteiger partial charge is 0.456 e. The highest BCUT2D eigenvalue weighted by molar-refractivity contribution is 5.93. The summed E-state index contributed by atoms with van der Waals surface area (Å²) in [4.78, 5) is 21.5. The second-order valence-electron chi connectivity index (χ2n) is 8.14. The number of aryl methyl sites for hydroxylation is 2. The van der Waals surface area contributed by atoms with Gasteiger partial charge in [0.2, 0.25) is 0 Å². The lowest BCUT2D eigenvalue weighted by Gasteiger charge is -2.34. The number of amides is 1. The molecule has 4 heterocycles. The van der Waals surface area contributed by atoms with Crippen molar-refractivity contribution in [3.8, 4) is 0 Å². The molecule has 1 atom stereocenters. The maximum absolute atomic E-state index is 12.8. The third-order valence-corrected chi connectivity index (χ3v) is 6.18. The van der Waals surface area contributed by atoms with E-state index in [9.17, 15) is 4.79 Å². The van der Waals surface area contributed by atoms with Gasteiger partial charge in [0.15, 0.2) is 5.76 Å². The molecule has 2 aliphatic heterocycles. The van der Waals surface area contributed by atoms with E-state index in [0.717, 1.165) is 56.4 Å². The van der Waals surface area contributed by atoms with Crippen LogP contribution in [0, 0.1) is 25.7 Å². The Labute approximate surface area is 161 Å². The number of aromatic nitrogens is 1. The number of nitrogens with zero attached hydrogens (tertiary/aromatic N) is 3. The molecule has 0 bridgehead atoms. The Hall–Kier alpha value is -2.14. The minimum atomic E-state index is 0.0668. The molecule has 0 aliphatic carbocycles. The van der Waals surface area contributed by atoms with Crippen molar-refractivity contribution >= 4 is 5.91 Å². The van der Waals surface area contributed by atoms with Crippen LogP contribution in [-0.4, -0.2) is 46.9 Å². The smallest absolute Gasteiger partial charge is 0.289 e. The molecule has 2 saturated heterocycles. The Bertz CT molecular complexity index is 778. The van der Waals surface area contributed by atoms with E-state index in [0.29, 0.717) is 11.7 Å². The Morgan fingerprint density at radius 1 is 1.19 bits per heavy atom. The molecule has 0 unspecified atom stereocenters. The fourth-order valence-electron chi connectivity index (χ4n) is 4.69. The van der Waals surface area contributed by atoms with Crippen LogP contribution in [-0.2, 0) is 6.54 Å². The van der Waals surface area contributed by atoms with Crippen molar-refractivity contribution in [3.63, 3.8) is 0 Å². The van der Waals surface area contributed by atoms with E-state index in [1.54, 1.807) is 0 Å². The van der Waals surface area contributed by atoms with E-state index >= 15 is 0 Å². The van der Waals surface area contributed by atoms with E-state index in [1.807, 2.05) is 43.3 Å². The Morgan fingerprint density at radius 2 is 1.96 bits per heavy atom. The van der Waals surface area contributed by atoms with Gasteiger partial charge in [0.1, 0.15) is 5.76 Å². The molecule has 2 aromatic rings. The average molecular weight is 367 g/mol. The second-order valence-corrected chi connectivity index (χ2v) is 8.14. The van der Waals surface area contributed by atoms with Gasteiger partial charge in [0, 0.05) is 37.6 Å². The molecule has 5 nitrogen and oxygen atoms in total. The number of furan rings is 1. The summed E-state index contributed by atoms with van der Waals surface area (Å²) >= 11 is 0. The van der Waals surface area contributed by atoms with E-state index < -0.39 is 0 Å². The van der Waals surface area contributed by atoms with Crippen molar-refractivity contribution in [3.05, 3.63) is 53.2 Å². The van der Waals surface area contributed by atoms with Crippen molar-refractivity contribution in [2.75, 3.05) is 26.2 Å². The second kappa shape index (κ2) is 7.85. The summed E-state index contributed by atoms with van der Waals surface area (Å²) in [6.07, 6.45) is 7.37. The Kier molecular flexibility index (Phi) is 5.30. The van der Waals surface area contributed by atoms with Crippen molar-refractivity contribution in [1.82, 2.24) is 14.8 Å². The van der Waals surface area contributed by atoms with Crippen molar-refractivity contribution in [1.29, 1.82) is 0 Å². The van der Waals surface area contributed by atoms with Gasteiger partial charge in [-0.15, -0.1) is 0 Å². The van der Waals surface area contributed by atoms with E-state index in [2.05, 4.69) is 16.0 Å². The molecule has 27 heavy (non-hydrogen) atoms. The number of hydrogen-bond acceptors (Lipinski definition) is 4. The van der Waals surface area contributed by atoms with Gasteiger partial charge in [-0.05, 0) is 75.7 Å². The highest BCUT2D eigenvalue weighted by atomic mass is 16.4. The standard InChI is InChI=1S/C22H29N3O2/c1-16-12-17(2)27-21(16)22(26)25-11-7-20(15-25)19-5-9-24(10-6-19)14-18-4-3-8-23-13-18/h3-4,8,12-13,19-20H,5-7,9-11,14-15H2,1-2H3/t20-/m0/s1. The molecule has 1 amide bonds. The van der Waals surface area contributed by atoms with Gasteiger partial charge in [-0.3, -0.25) is 14.7 Å². The molecule has 2 aromatic heterocycles. The molecule has 0 radical (unpaired) electrons. The number of rotatable bonds is 4. The number of likely N-dealkylation sites (tertiary alicyclic amines) is 2. The first kappa shape index (κ1) is 18.2.